The van der Waals surface area contributed by atoms with Crippen molar-refractivity contribution in [2.24, 2.45) is 23.7 Å². The lowest BCUT2D eigenvalue weighted by Crippen LogP contribution is -2.29. The highest BCUT2D eigenvalue weighted by atomic mass is 16.8. The summed E-state index contributed by atoms with van der Waals surface area (Å²) in [6.45, 7) is 28.3. The SMILES string of the molecule is CCOc1cc(C)c(C(=O)O)c(/C=C/C[C@@H]2OC(C)(C)O[C@@H]2C(C)/C=C\[C@@H](C)[C@H](C)O)c1.CCOc1cc(C)c2c(c1)/C=C/C[C@@H]1OC(C)(C)O[C@@H]1C(C)/C=C\[C@@H](C)[C@H](C)OC2=O. The number of carboxylic acids is 1. The molecule has 5 rings (SSSR count). The zero-order valence-electron chi connectivity index (χ0n) is 40.1. The third-order valence-electron chi connectivity index (χ3n) is 11.8. The van der Waals surface area contributed by atoms with Gasteiger partial charge in [-0.05, 0) is 135 Å². The Bertz CT molecular complexity index is 1970. The Morgan fingerprint density at radius 3 is 2.11 bits per heavy atom. The number of aromatic carboxylic acids is 1. The van der Waals surface area contributed by atoms with Crippen LogP contribution in [-0.2, 0) is 23.7 Å². The maximum Gasteiger partial charge on any atom is 0.339 e. The van der Waals surface area contributed by atoms with Gasteiger partial charge >= 0.3 is 11.9 Å². The fourth-order valence-corrected chi connectivity index (χ4v) is 8.11. The Hall–Kier alpha value is -4.26. The number of fused-ring (bicyclic) bond motifs is 2. The van der Waals surface area contributed by atoms with E-state index in [9.17, 15) is 19.8 Å². The molecule has 0 amide bonds. The summed E-state index contributed by atoms with van der Waals surface area (Å²) in [5.41, 5.74) is 3.75. The van der Waals surface area contributed by atoms with Gasteiger partial charge < -0.3 is 43.4 Å². The Kier molecular flexibility index (Phi) is 18.4. The second-order valence-electron chi connectivity index (χ2n) is 18.2. The van der Waals surface area contributed by atoms with E-state index in [1.165, 1.54) is 0 Å². The zero-order chi connectivity index (χ0) is 46.8. The Balaban J connectivity index is 0.000000277. The van der Waals surface area contributed by atoms with Crippen molar-refractivity contribution in [2.45, 2.75) is 158 Å². The van der Waals surface area contributed by atoms with Gasteiger partial charge in [-0.2, -0.15) is 0 Å². The van der Waals surface area contributed by atoms with Crippen molar-refractivity contribution in [3.63, 3.8) is 0 Å². The normalized spacial score (nSPS) is 28.1. The van der Waals surface area contributed by atoms with Gasteiger partial charge in [0.05, 0.1) is 54.9 Å². The molecule has 0 bridgehead atoms. The van der Waals surface area contributed by atoms with Crippen LogP contribution in [0.1, 0.15) is 139 Å². The minimum absolute atomic E-state index is 0.0418. The maximum atomic E-state index is 13.1. The van der Waals surface area contributed by atoms with E-state index in [1.807, 2.05) is 98.8 Å². The molecule has 2 N–H and O–H groups in total. The highest BCUT2D eigenvalue weighted by molar-refractivity contribution is 5.96. The molecule has 2 aromatic carbocycles. The minimum Gasteiger partial charge on any atom is -0.494 e. The molecule has 11 heteroatoms. The van der Waals surface area contributed by atoms with E-state index >= 15 is 0 Å². The van der Waals surface area contributed by atoms with Crippen molar-refractivity contribution in [2.75, 3.05) is 13.2 Å². The smallest absolute Gasteiger partial charge is 0.339 e. The van der Waals surface area contributed by atoms with Crippen LogP contribution in [0.15, 0.2) is 60.7 Å². The molecule has 0 aromatic heterocycles. The molecule has 0 spiro atoms. The summed E-state index contributed by atoms with van der Waals surface area (Å²) in [4.78, 5) is 24.9. The Morgan fingerprint density at radius 1 is 0.857 bits per heavy atom. The molecule has 2 fully saturated rings. The van der Waals surface area contributed by atoms with Crippen LogP contribution < -0.4 is 9.47 Å². The number of carbonyl (C=O) groups is 2. The number of aliphatic hydroxyl groups is 1. The summed E-state index contributed by atoms with van der Waals surface area (Å²) in [5.74, 6) is -0.788. The van der Waals surface area contributed by atoms with Crippen LogP contribution in [0.25, 0.3) is 12.2 Å². The van der Waals surface area contributed by atoms with Crippen molar-refractivity contribution in [1.29, 1.82) is 0 Å². The molecule has 3 aliphatic heterocycles. The quantitative estimate of drug-likeness (QED) is 0.156. The average Bonchev–Trinajstić information content (AvgIpc) is 3.68. The van der Waals surface area contributed by atoms with Gasteiger partial charge in [0.15, 0.2) is 11.6 Å². The van der Waals surface area contributed by atoms with E-state index in [2.05, 4.69) is 45.1 Å². The topological polar surface area (TPSA) is 139 Å². The van der Waals surface area contributed by atoms with Crippen LogP contribution >= 0.6 is 0 Å². The summed E-state index contributed by atoms with van der Waals surface area (Å²) in [6.07, 6.45) is 16.3. The first kappa shape index (κ1) is 51.4. The number of benzene rings is 2. The van der Waals surface area contributed by atoms with E-state index in [1.54, 1.807) is 26.0 Å². The lowest BCUT2D eigenvalue weighted by Gasteiger charge is -2.23. The van der Waals surface area contributed by atoms with Crippen molar-refractivity contribution in [1.82, 2.24) is 0 Å². The second kappa shape index (κ2) is 22.6. The van der Waals surface area contributed by atoms with Gasteiger partial charge in [0.1, 0.15) is 17.6 Å². The second-order valence-corrected chi connectivity index (χ2v) is 18.2. The van der Waals surface area contributed by atoms with Crippen LogP contribution in [0.2, 0.25) is 0 Å². The van der Waals surface area contributed by atoms with E-state index < -0.39 is 23.6 Å². The van der Waals surface area contributed by atoms with Crippen molar-refractivity contribution < 1.29 is 53.0 Å². The summed E-state index contributed by atoms with van der Waals surface area (Å²) >= 11 is 0. The summed E-state index contributed by atoms with van der Waals surface area (Å²) in [6, 6.07) is 7.30. The fourth-order valence-electron chi connectivity index (χ4n) is 8.11. The Morgan fingerprint density at radius 2 is 1.48 bits per heavy atom. The van der Waals surface area contributed by atoms with Crippen LogP contribution in [-0.4, -0.2) is 83.6 Å². The maximum absolute atomic E-state index is 13.1. The van der Waals surface area contributed by atoms with E-state index in [4.69, 9.17) is 33.2 Å². The molecular weight excluding hydrogens is 801 g/mol. The molecule has 0 aliphatic carbocycles. The third-order valence-corrected chi connectivity index (χ3v) is 11.8. The minimum atomic E-state index is -0.962. The number of carboxylic acid groups (broad SMARTS) is 1. The van der Waals surface area contributed by atoms with Gasteiger partial charge in [-0.1, -0.05) is 76.3 Å². The first-order valence-corrected chi connectivity index (χ1v) is 22.6. The number of rotatable bonds is 12. The molecular formula is C52H74O11. The number of hydrogen-bond acceptors (Lipinski definition) is 10. The van der Waals surface area contributed by atoms with Crippen LogP contribution in [0.4, 0.5) is 0 Å². The number of cyclic esters (lactones) is 1. The summed E-state index contributed by atoms with van der Waals surface area (Å²) < 4.78 is 41.9. The monoisotopic (exact) mass is 875 g/mol. The molecule has 63 heavy (non-hydrogen) atoms. The molecule has 11 nitrogen and oxygen atoms in total. The molecule has 10 atom stereocenters. The van der Waals surface area contributed by atoms with Gasteiger partial charge in [-0.3, -0.25) is 0 Å². The van der Waals surface area contributed by atoms with Crippen LogP contribution in [0.3, 0.4) is 0 Å². The summed E-state index contributed by atoms with van der Waals surface area (Å²) in [5, 5.41) is 19.4. The van der Waals surface area contributed by atoms with Crippen LogP contribution in [0.5, 0.6) is 11.5 Å². The standard InChI is InChI=1S/C26H38O6.C26H36O5/c1-8-30-21-14-18(4)23(25(28)29)20(15-21)10-9-11-22-24(32-26(6,7)31-22)17(3)13-12-16(2)19(5)27;1-8-28-21-14-18(4)23-20(15-21)10-9-11-22-24(31-26(6,7)30-22)17(3)13-12-16(2)19(5)29-25(23)27/h9-10,12-17,19,22,24,27H,8,11H2,1-7H3,(H,28,29);9-10,12-17,19,22,24H,8,11H2,1-7H3/b2*10-9+,13-12-/t2*16-,17?,19+,22+,24-/m11/s1. The number of aliphatic hydroxyl groups excluding tert-OH is 1. The zero-order valence-corrected chi connectivity index (χ0v) is 40.1. The van der Waals surface area contributed by atoms with Crippen molar-refractivity contribution >= 4 is 24.1 Å². The fraction of sp³-hybridized carbons (Fsp3) is 0.577. The lowest BCUT2D eigenvalue weighted by molar-refractivity contribution is -0.148. The molecule has 2 aromatic rings. The highest BCUT2D eigenvalue weighted by Gasteiger charge is 2.43. The first-order valence-electron chi connectivity index (χ1n) is 22.6. The molecule has 348 valence electrons. The largest absolute Gasteiger partial charge is 0.494 e. The molecule has 2 unspecified atom stereocenters. The number of aryl methyl sites for hydroxylation is 2. The van der Waals surface area contributed by atoms with Gasteiger partial charge in [0.25, 0.3) is 0 Å². The Labute approximate surface area is 376 Å². The highest BCUT2D eigenvalue weighted by Crippen LogP contribution is 2.37. The van der Waals surface area contributed by atoms with E-state index in [-0.39, 0.29) is 65.7 Å². The third kappa shape index (κ3) is 14.4. The number of esters is 1. The predicted molar refractivity (Wildman–Crippen MR) is 248 cm³/mol. The van der Waals surface area contributed by atoms with E-state index in [0.29, 0.717) is 48.5 Å². The lowest BCUT2D eigenvalue weighted by atomic mass is 9.94. The van der Waals surface area contributed by atoms with Gasteiger partial charge in [-0.15, -0.1) is 0 Å². The van der Waals surface area contributed by atoms with E-state index in [0.717, 1.165) is 16.9 Å². The average molecular weight is 875 g/mol. The number of hydrogen-bond donors (Lipinski definition) is 2. The predicted octanol–water partition coefficient (Wildman–Crippen LogP) is 10.9. The molecule has 0 saturated carbocycles. The molecule has 3 aliphatic rings. The summed E-state index contributed by atoms with van der Waals surface area (Å²) in [7, 11) is 0. The number of carbonyl (C=O) groups excluding carboxylic acids is 1. The van der Waals surface area contributed by atoms with Crippen molar-refractivity contribution in [3.8, 4) is 11.5 Å². The van der Waals surface area contributed by atoms with Gasteiger partial charge in [0.2, 0.25) is 0 Å². The molecule has 3 heterocycles. The number of ether oxygens (including phenoxy) is 7. The van der Waals surface area contributed by atoms with Crippen LogP contribution in [0, 0.1) is 37.5 Å². The first-order chi connectivity index (χ1) is 29.6. The van der Waals surface area contributed by atoms with Gasteiger partial charge in [-0.25, -0.2) is 9.59 Å². The van der Waals surface area contributed by atoms with Gasteiger partial charge in [0, 0.05) is 17.8 Å². The molecule has 0 radical (unpaired) electrons. The van der Waals surface area contributed by atoms with Crippen molar-refractivity contribution in [3.05, 3.63) is 94.1 Å². The molecule has 2 saturated heterocycles.